The predicted octanol–water partition coefficient (Wildman–Crippen LogP) is 6.17. The van der Waals surface area contributed by atoms with Gasteiger partial charge in [-0.2, -0.15) is 8.42 Å². The van der Waals surface area contributed by atoms with Crippen LogP contribution >= 0.6 is 0 Å². The minimum absolute atomic E-state index is 0.00693. The van der Waals surface area contributed by atoms with Crippen molar-refractivity contribution in [1.82, 2.24) is 0 Å². The summed E-state index contributed by atoms with van der Waals surface area (Å²) in [4.78, 5) is 4.51. The quantitative estimate of drug-likeness (QED) is 0.0601. The molecule has 0 aliphatic carbocycles. The Bertz CT molecular complexity index is 569. The molecule has 0 bridgehead atoms. The normalized spacial score (nSPS) is 11.4. The maximum absolute atomic E-state index is 11.7. The summed E-state index contributed by atoms with van der Waals surface area (Å²) in [5.41, 5.74) is 0. The summed E-state index contributed by atoms with van der Waals surface area (Å²) in [6, 6.07) is 0. The molecule has 202 valence electrons. The van der Waals surface area contributed by atoms with E-state index in [-0.39, 0.29) is 12.4 Å². The maximum Gasteiger partial charge on any atom is 0.306 e. The van der Waals surface area contributed by atoms with Crippen molar-refractivity contribution in [2.75, 3.05) is 45.4 Å². The molecule has 0 spiro atoms. The second kappa shape index (κ2) is 26.7. The van der Waals surface area contributed by atoms with Crippen LogP contribution in [0.5, 0.6) is 0 Å². The fourth-order valence-electron chi connectivity index (χ4n) is 3.34. The lowest BCUT2D eigenvalue weighted by atomic mass is 10.0. The van der Waals surface area contributed by atoms with E-state index in [1.807, 2.05) is 6.92 Å². The molecule has 0 aliphatic rings. The van der Waals surface area contributed by atoms with E-state index in [0.29, 0.717) is 39.5 Å². The van der Waals surface area contributed by atoms with Crippen LogP contribution in [0.4, 0.5) is 0 Å². The van der Waals surface area contributed by atoms with Crippen molar-refractivity contribution in [3.05, 3.63) is 0 Å². The van der Waals surface area contributed by atoms with Crippen LogP contribution < -0.4 is 0 Å². The van der Waals surface area contributed by atoms with E-state index in [0.717, 1.165) is 12.8 Å². The van der Waals surface area contributed by atoms with E-state index < -0.39 is 10.1 Å². The van der Waals surface area contributed by atoms with Crippen molar-refractivity contribution >= 4 is 10.1 Å². The number of rotatable bonds is 26. The topological polar surface area (TPSA) is 80.3 Å². The van der Waals surface area contributed by atoms with Crippen LogP contribution in [0.2, 0.25) is 0 Å². The molecule has 7 nitrogen and oxygen atoms in total. The van der Waals surface area contributed by atoms with Crippen LogP contribution in [0.25, 0.3) is 0 Å². The molecule has 0 aromatic heterocycles. The minimum Gasteiger partial charge on any atom is -0.379 e. The zero-order chi connectivity index (χ0) is 25.0. The lowest BCUT2D eigenvalue weighted by Crippen LogP contribution is -2.16. The molecule has 8 heteroatoms. The molecule has 0 heterocycles. The second-order valence-corrected chi connectivity index (χ2v) is 10.1. The Labute approximate surface area is 209 Å². The van der Waals surface area contributed by atoms with Gasteiger partial charge in [0.25, 0.3) is 0 Å². The average molecular weight is 507 g/mol. The van der Waals surface area contributed by atoms with Crippen molar-refractivity contribution in [2.24, 2.45) is 0 Å². The van der Waals surface area contributed by atoms with Crippen molar-refractivity contribution in [1.29, 1.82) is 0 Å². The molecule has 0 saturated carbocycles. The van der Waals surface area contributed by atoms with E-state index in [1.165, 1.54) is 77.0 Å². The van der Waals surface area contributed by atoms with E-state index in [9.17, 15) is 8.42 Å². The first kappa shape index (κ1) is 33.1. The molecule has 0 rings (SSSR count). The number of ether oxygens (including phenoxy) is 3. The van der Waals surface area contributed by atoms with Crippen molar-refractivity contribution < 1.29 is 31.8 Å². The van der Waals surface area contributed by atoms with Gasteiger partial charge in [-0.1, -0.05) is 96.3 Å². The van der Waals surface area contributed by atoms with Gasteiger partial charge >= 0.3 is 10.1 Å². The van der Waals surface area contributed by atoms with Crippen molar-refractivity contribution in [3.63, 3.8) is 0 Å². The lowest BCUT2D eigenvalue weighted by molar-refractivity contribution is -0.127. The molecular formula is C26H50O7S. The highest BCUT2D eigenvalue weighted by Crippen LogP contribution is 2.13. The summed E-state index contributed by atoms with van der Waals surface area (Å²) < 4.78 is 43.3. The van der Waals surface area contributed by atoms with Gasteiger partial charge in [-0.05, 0) is 17.7 Å². The van der Waals surface area contributed by atoms with Gasteiger partial charge in [0.15, 0.2) is 6.11 Å². The van der Waals surface area contributed by atoms with E-state index in [1.54, 1.807) is 0 Å². The van der Waals surface area contributed by atoms with E-state index in [2.05, 4.69) is 28.2 Å². The summed E-state index contributed by atoms with van der Waals surface area (Å²) in [7, 11) is -3.82. The Balaban J connectivity index is 3.38. The molecule has 0 N–H and O–H groups in total. The van der Waals surface area contributed by atoms with Gasteiger partial charge in [0, 0.05) is 13.0 Å². The first-order chi connectivity index (χ1) is 16.6. The highest BCUT2D eigenvalue weighted by Gasteiger charge is 2.12. The van der Waals surface area contributed by atoms with Crippen LogP contribution in [-0.4, -0.2) is 53.8 Å². The molecule has 0 atom stereocenters. The Morgan fingerprint density at radius 3 is 1.59 bits per heavy atom. The number of hydrogen-bond donors (Lipinski definition) is 0. The van der Waals surface area contributed by atoms with Crippen LogP contribution in [0.15, 0.2) is 0 Å². The second-order valence-electron chi connectivity index (χ2n) is 8.46. The third kappa shape index (κ3) is 27.4. The summed E-state index contributed by atoms with van der Waals surface area (Å²) in [5.74, 6) is 2.49. The smallest absolute Gasteiger partial charge is 0.306 e. The maximum atomic E-state index is 11.7. The number of unbranched alkanes of at least 4 members (excludes halogenated alkanes) is 14. The fraction of sp³-hybridized carbons (Fsp3) is 0.923. The zero-order valence-electron chi connectivity index (χ0n) is 21.8. The van der Waals surface area contributed by atoms with Gasteiger partial charge in [-0.15, -0.1) is 0 Å². The first-order valence-corrected chi connectivity index (χ1v) is 15.0. The van der Waals surface area contributed by atoms with Crippen LogP contribution in [0.1, 0.15) is 110 Å². The molecule has 0 aromatic rings. The molecule has 0 fully saturated rings. The Hall–Kier alpha value is -0.850. The highest BCUT2D eigenvalue weighted by atomic mass is 32.2. The lowest BCUT2D eigenvalue weighted by Gasteiger charge is -2.05. The summed E-state index contributed by atoms with van der Waals surface area (Å²) in [5, 5.41) is 0. The third-order valence-electron chi connectivity index (χ3n) is 5.33. The largest absolute Gasteiger partial charge is 0.379 e. The third-order valence-corrected chi connectivity index (χ3v) is 6.27. The van der Waals surface area contributed by atoms with Gasteiger partial charge in [0.2, 0.25) is 0 Å². The highest BCUT2D eigenvalue weighted by molar-refractivity contribution is 7.86. The molecule has 0 radical (unpaired) electrons. The molecule has 0 unspecified atom stereocenters. The fourth-order valence-corrected chi connectivity index (χ4v) is 3.86. The molecule has 34 heavy (non-hydrogen) atoms. The molecule has 0 aromatic carbocycles. The summed E-state index contributed by atoms with van der Waals surface area (Å²) >= 11 is 0. The van der Waals surface area contributed by atoms with Crippen molar-refractivity contribution in [2.45, 2.75) is 110 Å². The van der Waals surface area contributed by atoms with Gasteiger partial charge in [0.1, 0.15) is 5.75 Å². The van der Waals surface area contributed by atoms with Gasteiger partial charge in [0.05, 0.1) is 33.0 Å². The predicted molar refractivity (Wildman–Crippen MR) is 137 cm³/mol. The van der Waals surface area contributed by atoms with Crippen LogP contribution in [0, 0.1) is 12.0 Å². The van der Waals surface area contributed by atoms with E-state index >= 15 is 0 Å². The summed E-state index contributed by atoms with van der Waals surface area (Å²) in [6.45, 7) is 6.56. The van der Waals surface area contributed by atoms with Crippen molar-refractivity contribution in [3.8, 4) is 12.0 Å². The van der Waals surface area contributed by atoms with Gasteiger partial charge in [-0.25, -0.2) is 0 Å². The van der Waals surface area contributed by atoms with E-state index in [4.69, 9.17) is 14.2 Å². The minimum atomic E-state index is -3.82. The van der Waals surface area contributed by atoms with Crippen LogP contribution in [0.3, 0.4) is 0 Å². The summed E-state index contributed by atoms with van der Waals surface area (Å²) in [6.07, 6.45) is 21.4. The van der Waals surface area contributed by atoms with Crippen LogP contribution in [-0.2, 0) is 33.6 Å². The average Bonchev–Trinajstić information content (AvgIpc) is 2.82. The van der Waals surface area contributed by atoms with Gasteiger partial charge in [-0.3, -0.25) is 4.89 Å². The Kier molecular flexibility index (Phi) is 26.1. The van der Waals surface area contributed by atoms with Gasteiger partial charge < -0.3 is 14.2 Å². The number of hydrogen-bond acceptors (Lipinski definition) is 7. The monoisotopic (exact) mass is 506 g/mol. The molecule has 0 amide bonds. The standard InChI is InChI=1S/C26H50O7S/c1-3-5-6-7-8-9-10-11-12-13-14-15-16-17-18-19-20-32-33-34(27,28)26-25-31-24-23-30-22-21-29-4-2/h3-18,21-26H2,1-2H3. The zero-order valence-corrected chi connectivity index (χ0v) is 22.6. The molecule has 0 aliphatic heterocycles. The SMILES string of the molecule is CCCCCCCCCCCCCCCCC#COOS(=O)(=O)CCOCCOCCOCC. The Morgan fingerprint density at radius 1 is 0.588 bits per heavy atom. The molecule has 0 saturated heterocycles. The Morgan fingerprint density at radius 2 is 1.06 bits per heavy atom. The first-order valence-electron chi connectivity index (χ1n) is 13.4. The molecular weight excluding hydrogens is 456 g/mol.